The molecule has 90 valence electrons. The zero-order chi connectivity index (χ0) is 11.4. The fourth-order valence-corrected chi connectivity index (χ4v) is 0.756. The van der Waals surface area contributed by atoms with Gasteiger partial charge in [0.2, 0.25) is 0 Å². The number of hydrogen-bond donors (Lipinski definition) is 3. The maximum atomic E-state index is 11.4. The smallest absolute Gasteiger partial charge is 0.417 e. The molecular weight excluding hydrogens is 220 g/mol. The summed E-state index contributed by atoms with van der Waals surface area (Å²) in [7, 11) is 0. The van der Waals surface area contributed by atoms with Gasteiger partial charge in [0, 0.05) is 13.1 Å². The lowest BCUT2D eigenvalue weighted by molar-refractivity contribution is 0.0370. The average Bonchev–Trinajstić information content (AvgIpc) is 1.95. The number of carbonyl (C=O) groups excluding carboxylic acids is 1. The number of guanidine groups is 1. The summed E-state index contributed by atoms with van der Waals surface area (Å²) >= 11 is 0. The van der Waals surface area contributed by atoms with Gasteiger partial charge in [-0.15, -0.1) is 12.4 Å². The Balaban J connectivity index is 0. The summed E-state index contributed by atoms with van der Waals surface area (Å²) in [6.45, 7) is 5.64. The zero-order valence-electron chi connectivity index (χ0n) is 9.24. The highest BCUT2D eigenvalue weighted by Gasteiger charge is 2.23. The molecule has 0 aliphatic heterocycles. The molecule has 0 heterocycles. The van der Waals surface area contributed by atoms with E-state index < -0.39 is 11.7 Å². The molecule has 0 aromatic heterocycles. The highest BCUT2D eigenvalue weighted by Crippen LogP contribution is 2.09. The van der Waals surface area contributed by atoms with Crippen molar-refractivity contribution in [2.45, 2.75) is 26.4 Å². The van der Waals surface area contributed by atoms with Crippen molar-refractivity contribution < 1.29 is 9.53 Å². The number of nitrogens with one attached hydrogen (secondary N) is 1. The maximum absolute atomic E-state index is 11.4. The molecule has 0 atom stereocenters. The van der Waals surface area contributed by atoms with Crippen LogP contribution in [0.25, 0.3) is 0 Å². The number of rotatable bonds is 2. The fraction of sp³-hybridized carbons (Fsp3) is 0.750. The number of ether oxygens (including phenoxy) is 1. The normalized spacial score (nSPS) is 10.1. The van der Waals surface area contributed by atoms with Gasteiger partial charge in [0.05, 0.1) is 0 Å². The van der Waals surface area contributed by atoms with Gasteiger partial charge in [0.1, 0.15) is 5.60 Å². The summed E-state index contributed by atoms with van der Waals surface area (Å²) in [6, 6.07) is 0. The Morgan fingerprint density at radius 2 is 1.93 bits per heavy atom. The minimum atomic E-state index is -0.643. The Morgan fingerprint density at radius 3 is 2.20 bits per heavy atom. The third kappa shape index (κ3) is 6.98. The monoisotopic (exact) mass is 238 g/mol. The average molecular weight is 239 g/mol. The summed E-state index contributed by atoms with van der Waals surface area (Å²) in [5.41, 5.74) is 9.86. The van der Waals surface area contributed by atoms with Crippen molar-refractivity contribution in [2.75, 3.05) is 13.1 Å². The molecule has 5 N–H and O–H groups in total. The molecule has 0 saturated heterocycles. The first kappa shape index (κ1) is 16.4. The molecule has 0 fully saturated rings. The van der Waals surface area contributed by atoms with Crippen LogP contribution in [0.1, 0.15) is 20.8 Å². The van der Waals surface area contributed by atoms with Crippen LogP contribution in [0.3, 0.4) is 0 Å². The van der Waals surface area contributed by atoms with E-state index in [1.54, 1.807) is 20.8 Å². The molecule has 0 aliphatic rings. The molecule has 0 saturated carbocycles. The molecule has 1 amide bonds. The first-order valence-corrected chi connectivity index (χ1v) is 4.32. The minimum absolute atomic E-state index is 0. The summed E-state index contributed by atoms with van der Waals surface area (Å²) in [4.78, 5) is 12.4. The SMILES string of the molecule is CC(C)(C)OC(=O)N(CCN)C(=N)N.Cl. The Bertz CT molecular complexity index is 227. The van der Waals surface area contributed by atoms with Crippen LogP contribution >= 0.6 is 12.4 Å². The van der Waals surface area contributed by atoms with Gasteiger partial charge in [-0.05, 0) is 20.8 Å². The quantitative estimate of drug-likeness (QED) is 0.481. The number of halogens is 1. The molecule has 0 bridgehead atoms. The van der Waals surface area contributed by atoms with Crippen molar-refractivity contribution in [3.05, 3.63) is 0 Å². The van der Waals surface area contributed by atoms with Crippen molar-refractivity contribution in [2.24, 2.45) is 11.5 Å². The number of carbonyl (C=O) groups is 1. The maximum Gasteiger partial charge on any atom is 0.417 e. The summed E-state index contributed by atoms with van der Waals surface area (Å²) in [5.74, 6) is -0.357. The van der Waals surface area contributed by atoms with Crippen LogP contribution in [0.4, 0.5) is 4.79 Å². The lowest BCUT2D eigenvalue weighted by Crippen LogP contribution is -2.46. The van der Waals surface area contributed by atoms with Crippen molar-refractivity contribution >= 4 is 24.5 Å². The predicted octanol–water partition coefficient (Wildman–Crippen LogP) is 0.497. The molecule has 0 aliphatic carbocycles. The van der Waals surface area contributed by atoms with E-state index in [4.69, 9.17) is 21.6 Å². The van der Waals surface area contributed by atoms with E-state index in [-0.39, 0.29) is 31.5 Å². The summed E-state index contributed by atoms with van der Waals surface area (Å²) < 4.78 is 5.02. The number of nitrogens with zero attached hydrogens (tertiary/aromatic N) is 1. The summed E-state index contributed by atoms with van der Waals surface area (Å²) in [5, 5.41) is 7.14. The van der Waals surface area contributed by atoms with E-state index in [1.807, 2.05) is 0 Å². The number of amides is 1. The third-order valence-corrected chi connectivity index (χ3v) is 1.26. The Kier molecular flexibility index (Phi) is 7.08. The Labute approximate surface area is 95.8 Å². The van der Waals surface area contributed by atoms with Gasteiger partial charge in [-0.1, -0.05) is 0 Å². The first-order chi connectivity index (χ1) is 6.28. The van der Waals surface area contributed by atoms with Gasteiger partial charge in [-0.25, -0.2) is 9.69 Å². The highest BCUT2D eigenvalue weighted by molar-refractivity contribution is 5.91. The van der Waals surface area contributed by atoms with Gasteiger partial charge < -0.3 is 16.2 Å². The molecule has 0 unspecified atom stereocenters. The van der Waals surface area contributed by atoms with E-state index in [0.29, 0.717) is 0 Å². The topological polar surface area (TPSA) is 105 Å². The van der Waals surface area contributed by atoms with Gasteiger partial charge in [0.15, 0.2) is 5.96 Å². The van der Waals surface area contributed by atoms with Crippen molar-refractivity contribution in [1.82, 2.24) is 4.90 Å². The van der Waals surface area contributed by atoms with Crippen LogP contribution in [0, 0.1) is 5.41 Å². The van der Waals surface area contributed by atoms with Crippen molar-refractivity contribution in [3.8, 4) is 0 Å². The lowest BCUT2D eigenvalue weighted by Gasteiger charge is -2.25. The molecule has 15 heavy (non-hydrogen) atoms. The van der Waals surface area contributed by atoms with Crippen LogP contribution in [0.2, 0.25) is 0 Å². The second kappa shape index (κ2) is 6.47. The van der Waals surface area contributed by atoms with Crippen LogP contribution in [-0.2, 0) is 4.74 Å². The van der Waals surface area contributed by atoms with Crippen LogP contribution in [0.5, 0.6) is 0 Å². The molecular formula is C8H19ClN4O2. The molecule has 0 aromatic rings. The zero-order valence-corrected chi connectivity index (χ0v) is 10.1. The van der Waals surface area contributed by atoms with E-state index >= 15 is 0 Å². The standard InChI is InChI=1S/C8H18N4O2.ClH/c1-8(2,3)14-7(13)12(5-4-9)6(10)11;/h4-5,9H2,1-3H3,(H3,10,11);1H. The fourth-order valence-electron chi connectivity index (χ4n) is 0.756. The lowest BCUT2D eigenvalue weighted by atomic mass is 10.2. The van der Waals surface area contributed by atoms with Crippen molar-refractivity contribution in [1.29, 1.82) is 5.41 Å². The summed E-state index contributed by atoms with van der Waals surface area (Å²) in [6.07, 6.45) is -0.643. The van der Waals surface area contributed by atoms with Crippen molar-refractivity contribution in [3.63, 3.8) is 0 Å². The highest BCUT2D eigenvalue weighted by atomic mass is 35.5. The van der Waals surface area contributed by atoms with Gasteiger partial charge >= 0.3 is 6.09 Å². The van der Waals surface area contributed by atoms with Gasteiger partial charge in [-0.2, -0.15) is 0 Å². The molecule has 0 radical (unpaired) electrons. The molecule has 0 rings (SSSR count). The largest absolute Gasteiger partial charge is 0.443 e. The van der Waals surface area contributed by atoms with E-state index in [9.17, 15) is 4.79 Å². The van der Waals surface area contributed by atoms with Crippen LogP contribution in [-0.4, -0.2) is 35.6 Å². The van der Waals surface area contributed by atoms with Gasteiger partial charge in [0.25, 0.3) is 0 Å². The molecule has 0 spiro atoms. The second-order valence-electron chi connectivity index (χ2n) is 3.81. The third-order valence-electron chi connectivity index (χ3n) is 1.26. The first-order valence-electron chi connectivity index (χ1n) is 4.32. The van der Waals surface area contributed by atoms with Gasteiger partial charge in [-0.3, -0.25) is 5.41 Å². The second-order valence-corrected chi connectivity index (χ2v) is 3.81. The number of nitrogens with two attached hydrogens (primary N) is 2. The van der Waals surface area contributed by atoms with E-state index in [0.717, 1.165) is 4.90 Å². The molecule has 6 nitrogen and oxygen atoms in total. The van der Waals surface area contributed by atoms with E-state index in [2.05, 4.69) is 0 Å². The molecule has 7 heteroatoms. The van der Waals surface area contributed by atoms with Crippen LogP contribution in [0.15, 0.2) is 0 Å². The Morgan fingerprint density at radius 1 is 1.47 bits per heavy atom. The predicted molar refractivity (Wildman–Crippen MR) is 61.2 cm³/mol. The van der Waals surface area contributed by atoms with E-state index in [1.165, 1.54) is 0 Å². The number of hydrogen-bond acceptors (Lipinski definition) is 4. The minimum Gasteiger partial charge on any atom is -0.443 e. The van der Waals surface area contributed by atoms with Crippen LogP contribution < -0.4 is 11.5 Å². The molecule has 0 aromatic carbocycles. The Hall–Kier alpha value is -1.01.